The Morgan fingerprint density at radius 1 is 1.17 bits per heavy atom. The zero-order valence-electron chi connectivity index (χ0n) is 11.9. The average Bonchev–Trinajstić information content (AvgIpc) is 3.23. The Morgan fingerprint density at radius 3 is 2.44 bits per heavy atom. The van der Waals surface area contributed by atoms with E-state index < -0.39 is 0 Å². The summed E-state index contributed by atoms with van der Waals surface area (Å²) in [4.78, 5) is 0. The van der Waals surface area contributed by atoms with E-state index in [-0.39, 0.29) is 0 Å². The summed E-state index contributed by atoms with van der Waals surface area (Å²) < 4.78 is 0. The lowest BCUT2D eigenvalue weighted by atomic mass is 9.98. The maximum absolute atomic E-state index is 3.71. The van der Waals surface area contributed by atoms with Gasteiger partial charge >= 0.3 is 0 Å². The van der Waals surface area contributed by atoms with Gasteiger partial charge in [0.2, 0.25) is 0 Å². The molecule has 1 nitrogen and oxygen atoms in total. The smallest absolute Gasteiger partial charge is 0.0320 e. The van der Waals surface area contributed by atoms with Crippen LogP contribution in [0.3, 0.4) is 0 Å². The van der Waals surface area contributed by atoms with Gasteiger partial charge in [0.25, 0.3) is 0 Å². The molecule has 1 fully saturated rings. The van der Waals surface area contributed by atoms with Crippen molar-refractivity contribution in [3.05, 3.63) is 35.4 Å². The highest BCUT2D eigenvalue weighted by Gasteiger charge is 2.22. The first-order valence-electron chi connectivity index (χ1n) is 7.65. The Hall–Kier alpha value is -0.820. The van der Waals surface area contributed by atoms with Gasteiger partial charge in [0.05, 0.1) is 0 Å². The van der Waals surface area contributed by atoms with Crippen LogP contribution in [0.4, 0.5) is 0 Å². The fraction of sp³-hybridized carbons (Fsp3) is 0.647. The van der Waals surface area contributed by atoms with Crippen molar-refractivity contribution in [2.75, 3.05) is 6.54 Å². The molecular weight excluding hydrogens is 218 g/mol. The summed E-state index contributed by atoms with van der Waals surface area (Å²) in [6, 6.07) is 9.77. The van der Waals surface area contributed by atoms with Gasteiger partial charge in [-0.1, -0.05) is 51.0 Å². The largest absolute Gasteiger partial charge is 0.310 e. The van der Waals surface area contributed by atoms with Crippen LogP contribution in [-0.2, 0) is 6.42 Å². The number of aryl methyl sites for hydroxylation is 1. The van der Waals surface area contributed by atoms with Crippen LogP contribution in [0.15, 0.2) is 24.3 Å². The molecular formula is C17H27N. The van der Waals surface area contributed by atoms with Crippen molar-refractivity contribution in [2.24, 2.45) is 5.92 Å². The quantitative estimate of drug-likeness (QED) is 0.712. The third-order valence-electron chi connectivity index (χ3n) is 3.99. The Labute approximate surface area is 112 Å². The molecule has 1 N–H and O–H groups in total. The molecule has 0 heterocycles. The lowest BCUT2D eigenvalue weighted by molar-refractivity contribution is 0.470. The Morgan fingerprint density at radius 2 is 1.89 bits per heavy atom. The summed E-state index contributed by atoms with van der Waals surface area (Å²) in [5.74, 6) is 1.03. The summed E-state index contributed by atoms with van der Waals surface area (Å²) >= 11 is 0. The summed E-state index contributed by atoms with van der Waals surface area (Å²) in [6.07, 6.45) is 7.99. The molecule has 1 aliphatic carbocycles. The molecule has 0 saturated heterocycles. The van der Waals surface area contributed by atoms with Crippen LogP contribution < -0.4 is 5.32 Å². The lowest BCUT2D eigenvalue weighted by Crippen LogP contribution is -2.22. The van der Waals surface area contributed by atoms with E-state index in [4.69, 9.17) is 0 Å². The van der Waals surface area contributed by atoms with Gasteiger partial charge in [0.15, 0.2) is 0 Å². The maximum atomic E-state index is 3.71. The van der Waals surface area contributed by atoms with Crippen LogP contribution in [-0.4, -0.2) is 6.54 Å². The number of rotatable bonds is 8. The number of hydrogen-bond acceptors (Lipinski definition) is 1. The third kappa shape index (κ3) is 4.13. The molecule has 1 unspecified atom stereocenters. The van der Waals surface area contributed by atoms with Crippen molar-refractivity contribution in [3.63, 3.8) is 0 Å². The van der Waals surface area contributed by atoms with E-state index in [1.54, 1.807) is 0 Å². The van der Waals surface area contributed by atoms with Crippen LogP contribution in [0, 0.1) is 5.92 Å². The highest BCUT2D eigenvalue weighted by molar-refractivity contribution is 5.25. The second-order valence-corrected chi connectivity index (χ2v) is 5.62. The molecule has 0 bridgehead atoms. The van der Waals surface area contributed by atoms with Gasteiger partial charge in [-0.05, 0) is 49.3 Å². The van der Waals surface area contributed by atoms with Gasteiger partial charge in [-0.15, -0.1) is 0 Å². The van der Waals surface area contributed by atoms with E-state index in [1.807, 2.05) is 0 Å². The Bertz CT molecular complexity index is 337. The van der Waals surface area contributed by atoms with Gasteiger partial charge in [0.1, 0.15) is 0 Å². The van der Waals surface area contributed by atoms with Crippen LogP contribution in [0.25, 0.3) is 0 Å². The van der Waals surface area contributed by atoms with E-state index in [0.29, 0.717) is 6.04 Å². The van der Waals surface area contributed by atoms with Crippen molar-refractivity contribution in [1.29, 1.82) is 0 Å². The minimum Gasteiger partial charge on any atom is -0.310 e. The first-order chi connectivity index (χ1) is 8.83. The van der Waals surface area contributed by atoms with E-state index >= 15 is 0 Å². The molecule has 18 heavy (non-hydrogen) atoms. The molecule has 0 radical (unpaired) electrons. The number of nitrogens with one attached hydrogen (secondary N) is 1. The molecule has 1 aliphatic rings. The average molecular weight is 245 g/mol. The fourth-order valence-electron chi connectivity index (χ4n) is 2.50. The van der Waals surface area contributed by atoms with Crippen molar-refractivity contribution in [3.8, 4) is 0 Å². The molecule has 2 rings (SSSR count). The van der Waals surface area contributed by atoms with Crippen LogP contribution in [0.1, 0.15) is 63.1 Å². The molecule has 0 aromatic heterocycles. The molecule has 1 heteroatoms. The van der Waals surface area contributed by atoms with Gasteiger partial charge in [-0.3, -0.25) is 0 Å². The van der Waals surface area contributed by atoms with Gasteiger partial charge in [-0.25, -0.2) is 0 Å². The fourth-order valence-corrected chi connectivity index (χ4v) is 2.50. The molecule has 0 amide bonds. The SMILES string of the molecule is CCCNC(CCC1CC1)c1ccc(CC)cc1. The zero-order valence-corrected chi connectivity index (χ0v) is 11.9. The zero-order chi connectivity index (χ0) is 12.8. The van der Waals surface area contributed by atoms with Crippen molar-refractivity contribution in [1.82, 2.24) is 5.32 Å². The second kappa shape index (κ2) is 6.94. The summed E-state index contributed by atoms with van der Waals surface area (Å²) in [5.41, 5.74) is 2.91. The standard InChI is InChI=1S/C17H27N/c1-3-13-18-17(12-9-15-5-6-15)16-10-7-14(4-2)8-11-16/h7-8,10-11,15,17-18H,3-6,9,12-13H2,1-2H3. The van der Waals surface area contributed by atoms with Crippen LogP contribution in [0.2, 0.25) is 0 Å². The Kier molecular flexibility index (Phi) is 5.25. The molecule has 100 valence electrons. The second-order valence-electron chi connectivity index (χ2n) is 5.62. The van der Waals surface area contributed by atoms with Crippen molar-refractivity contribution in [2.45, 2.75) is 58.4 Å². The molecule has 1 saturated carbocycles. The van der Waals surface area contributed by atoms with Gasteiger partial charge in [-0.2, -0.15) is 0 Å². The van der Waals surface area contributed by atoms with E-state index in [0.717, 1.165) is 18.9 Å². The highest BCUT2D eigenvalue weighted by Crippen LogP contribution is 2.35. The normalized spacial score (nSPS) is 16.8. The molecule has 1 aromatic rings. The molecule has 1 aromatic carbocycles. The number of hydrogen-bond donors (Lipinski definition) is 1. The minimum atomic E-state index is 0.566. The molecule has 0 spiro atoms. The number of benzene rings is 1. The topological polar surface area (TPSA) is 12.0 Å². The van der Waals surface area contributed by atoms with E-state index in [2.05, 4.69) is 43.4 Å². The summed E-state index contributed by atoms with van der Waals surface area (Å²) in [6.45, 7) is 5.59. The van der Waals surface area contributed by atoms with Crippen molar-refractivity contribution < 1.29 is 0 Å². The maximum Gasteiger partial charge on any atom is 0.0320 e. The van der Waals surface area contributed by atoms with Crippen LogP contribution >= 0.6 is 0 Å². The molecule has 0 aliphatic heterocycles. The predicted octanol–water partition coefficient (Wildman–Crippen LogP) is 4.48. The highest BCUT2D eigenvalue weighted by atomic mass is 14.9. The molecule has 1 atom stereocenters. The summed E-state index contributed by atoms with van der Waals surface area (Å²) in [5, 5.41) is 3.71. The monoisotopic (exact) mass is 245 g/mol. The first kappa shape index (κ1) is 13.6. The minimum absolute atomic E-state index is 0.566. The summed E-state index contributed by atoms with van der Waals surface area (Å²) in [7, 11) is 0. The van der Waals surface area contributed by atoms with Gasteiger partial charge in [0, 0.05) is 6.04 Å². The van der Waals surface area contributed by atoms with E-state index in [9.17, 15) is 0 Å². The van der Waals surface area contributed by atoms with E-state index in [1.165, 1.54) is 43.2 Å². The first-order valence-corrected chi connectivity index (χ1v) is 7.65. The Balaban J connectivity index is 1.94. The van der Waals surface area contributed by atoms with Crippen molar-refractivity contribution >= 4 is 0 Å². The van der Waals surface area contributed by atoms with Gasteiger partial charge < -0.3 is 5.32 Å². The predicted molar refractivity (Wildman–Crippen MR) is 78.8 cm³/mol. The lowest BCUT2D eigenvalue weighted by Gasteiger charge is -2.19. The third-order valence-corrected chi connectivity index (χ3v) is 3.99. The van der Waals surface area contributed by atoms with Crippen LogP contribution in [0.5, 0.6) is 0 Å².